The Morgan fingerprint density at radius 1 is 1.20 bits per heavy atom. The Morgan fingerprint density at radius 3 is 2.67 bits per heavy atom. The lowest BCUT2D eigenvalue weighted by atomic mass is 9.94. The zero-order chi connectivity index (χ0) is 28.5. The van der Waals surface area contributed by atoms with Gasteiger partial charge >= 0.3 is 0 Å². The summed E-state index contributed by atoms with van der Waals surface area (Å²) in [6.45, 7) is 5.30. The molecule has 1 atom stereocenters. The first kappa shape index (κ1) is 28.8. The highest BCUT2D eigenvalue weighted by Crippen LogP contribution is 2.34. The standard InChI is InChI=1S/C29H32ClN3O5S2/c1-29(2,35)22-9-4-10-24-27(22)23(18-40(36,37)26-12-11-25(30)39-26)32-33(24)16-20-7-3-6-19(14-20)15-31-28(34)21-8-5-13-38-17-21/h3-4,6-7,9-12,14,21,35H,5,8,13,15-18H2,1-2H3,(H,31,34). The number of aliphatic hydroxyl groups is 1. The number of amides is 1. The van der Waals surface area contributed by atoms with Gasteiger partial charge in [0.2, 0.25) is 5.91 Å². The first-order chi connectivity index (χ1) is 19.0. The number of sulfone groups is 1. The topological polar surface area (TPSA) is 111 Å². The van der Waals surface area contributed by atoms with Crippen molar-refractivity contribution in [2.24, 2.45) is 5.92 Å². The van der Waals surface area contributed by atoms with Crippen molar-refractivity contribution in [3.63, 3.8) is 0 Å². The molecule has 1 aliphatic rings. The van der Waals surface area contributed by atoms with Gasteiger partial charge in [0.25, 0.3) is 0 Å². The molecule has 0 saturated carbocycles. The molecule has 2 N–H and O–H groups in total. The van der Waals surface area contributed by atoms with E-state index in [0.29, 0.717) is 47.3 Å². The Morgan fingerprint density at radius 2 is 1.98 bits per heavy atom. The van der Waals surface area contributed by atoms with E-state index in [2.05, 4.69) is 5.32 Å². The molecule has 2 aromatic heterocycles. The van der Waals surface area contributed by atoms with Crippen LogP contribution in [0.1, 0.15) is 49.1 Å². The first-order valence-electron chi connectivity index (χ1n) is 13.1. The fourth-order valence-electron chi connectivity index (χ4n) is 5.05. The van der Waals surface area contributed by atoms with E-state index in [1.807, 2.05) is 36.4 Å². The molecule has 0 aliphatic carbocycles. The number of benzene rings is 2. The Kier molecular flexibility index (Phi) is 8.35. The Hall–Kier alpha value is -2.76. The summed E-state index contributed by atoms with van der Waals surface area (Å²) >= 11 is 7.02. The number of thiophene rings is 1. The van der Waals surface area contributed by atoms with Crippen LogP contribution in [0.2, 0.25) is 4.34 Å². The molecule has 8 nitrogen and oxygen atoms in total. The second-order valence-electron chi connectivity index (χ2n) is 10.6. The van der Waals surface area contributed by atoms with E-state index in [1.165, 1.54) is 6.07 Å². The van der Waals surface area contributed by atoms with Gasteiger partial charge in [-0.1, -0.05) is 48.0 Å². The molecule has 1 unspecified atom stereocenters. The maximum Gasteiger partial charge on any atom is 0.225 e. The van der Waals surface area contributed by atoms with Crippen LogP contribution in [0.4, 0.5) is 0 Å². The van der Waals surface area contributed by atoms with Crippen LogP contribution in [0, 0.1) is 5.92 Å². The number of carbonyl (C=O) groups is 1. The smallest absolute Gasteiger partial charge is 0.225 e. The van der Waals surface area contributed by atoms with Crippen molar-refractivity contribution in [2.75, 3.05) is 13.2 Å². The van der Waals surface area contributed by atoms with Gasteiger partial charge < -0.3 is 15.2 Å². The highest BCUT2D eigenvalue weighted by Gasteiger charge is 2.28. The van der Waals surface area contributed by atoms with Gasteiger partial charge in [-0.2, -0.15) is 5.10 Å². The zero-order valence-corrected chi connectivity index (χ0v) is 24.8. The van der Waals surface area contributed by atoms with Crippen molar-refractivity contribution >= 4 is 49.6 Å². The van der Waals surface area contributed by atoms with E-state index >= 15 is 0 Å². The second kappa shape index (κ2) is 11.6. The van der Waals surface area contributed by atoms with Gasteiger partial charge in [-0.15, -0.1) is 11.3 Å². The van der Waals surface area contributed by atoms with E-state index in [9.17, 15) is 18.3 Å². The third kappa shape index (κ3) is 6.42. The number of aromatic nitrogens is 2. The summed E-state index contributed by atoms with van der Waals surface area (Å²) in [6.07, 6.45) is 1.73. The molecular formula is C29H32ClN3O5S2. The second-order valence-corrected chi connectivity index (χ2v) is 14.6. The van der Waals surface area contributed by atoms with Gasteiger partial charge in [-0.05, 0) is 61.6 Å². The van der Waals surface area contributed by atoms with E-state index in [-0.39, 0.29) is 21.8 Å². The summed E-state index contributed by atoms with van der Waals surface area (Å²) in [5.41, 5.74) is 2.40. The average Bonchev–Trinajstić information content (AvgIpc) is 3.51. The predicted octanol–water partition coefficient (Wildman–Crippen LogP) is 5.04. The molecule has 1 fully saturated rings. The van der Waals surface area contributed by atoms with Crippen LogP contribution < -0.4 is 5.32 Å². The molecule has 5 rings (SSSR count). The zero-order valence-electron chi connectivity index (χ0n) is 22.4. The molecule has 3 heterocycles. The number of nitrogens with zero attached hydrogens (tertiary/aromatic N) is 2. The minimum atomic E-state index is -3.71. The maximum absolute atomic E-state index is 13.3. The highest BCUT2D eigenvalue weighted by atomic mass is 35.5. The van der Waals surface area contributed by atoms with E-state index in [4.69, 9.17) is 21.4 Å². The fourth-order valence-corrected chi connectivity index (χ4v) is 7.89. The van der Waals surface area contributed by atoms with Crippen molar-refractivity contribution in [1.82, 2.24) is 15.1 Å². The quantitative estimate of drug-likeness (QED) is 0.278. The SMILES string of the molecule is CC(C)(O)c1cccc2c1c(CS(=O)(=O)c1ccc(Cl)s1)nn2Cc1cccc(CNC(=O)C2CCCOC2)c1. The molecule has 11 heteroatoms. The van der Waals surface area contributed by atoms with Crippen molar-refractivity contribution in [3.8, 4) is 0 Å². The molecular weight excluding hydrogens is 570 g/mol. The van der Waals surface area contributed by atoms with Crippen LogP contribution in [-0.2, 0) is 43.8 Å². The van der Waals surface area contributed by atoms with Gasteiger partial charge in [-0.25, -0.2) is 8.42 Å². The monoisotopic (exact) mass is 601 g/mol. The van der Waals surface area contributed by atoms with Gasteiger partial charge in [0, 0.05) is 18.5 Å². The predicted molar refractivity (Wildman–Crippen MR) is 156 cm³/mol. The number of halogens is 1. The largest absolute Gasteiger partial charge is 0.386 e. The third-order valence-corrected chi connectivity index (χ3v) is 10.5. The third-order valence-electron chi connectivity index (χ3n) is 7.01. The maximum atomic E-state index is 13.3. The number of hydrogen-bond donors (Lipinski definition) is 2. The molecule has 1 saturated heterocycles. The molecule has 1 aliphatic heterocycles. The molecule has 0 spiro atoms. The first-order valence-corrected chi connectivity index (χ1v) is 16.0. The van der Waals surface area contributed by atoms with Crippen LogP contribution in [0.5, 0.6) is 0 Å². The van der Waals surface area contributed by atoms with Crippen molar-refractivity contribution in [1.29, 1.82) is 0 Å². The minimum Gasteiger partial charge on any atom is -0.386 e. The van der Waals surface area contributed by atoms with Gasteiger partial charge in [0.15, 0.2) is 9.84 Å². The molecule has 0 bridgehead atoms. The van der Waals surface area contributed by atoms with Crippen molar-refractivity contribution < 1.29 is 23.1 Å². The molecule has 0 radical (unpaired) electrons. The van der Waals surface area contributed by atoms with E-state index in [0.717, 1.165) is 40.8 Å². The summed E-state index contributed by atoms with van der Waals surface area (Å²) in [4.78, 5) is 12.5. The average molecular weight is 602 g/mol. The summed E-state index contributed by atoms with van der Waals surface area (Å²) in [5, 5.41) is 19.3. The number of hydrogen-bond acceptors (Lipinski definition) is 7. The Balaban J connectivity index is 1.44. The lowest BCUT2D eigenvalue weighted by Gasteiger charge is -2.21. The Bertz CT molecular complexity index is 1630. The molecule has 40 heavy (non-hydrogen) atoms. The number of carbonyl (C=O) groups excluding carboxylic acids is 1. The molecule has 2 aromatic carbocycles. The molecule has 4 aromatic rings. The molecule has 1 amide bonds. The van der Waals surface area contributed by atoms with Crippen molar-refractivity contribution in [3.05, 3.63) is 81.3 Å². The van der Waals surface area contributed by atoms with Crippen LogP contribution >= 0.6 is 22.9 Å². The lowest BCUT2D eigenvalue weighted by molar-refractivity contribution is -0.129. The number of ether oxygens (including phenoxy) is 1. The number of fused-ring (bicyclic) bond motifs is 1. The van der Waals surface area contributed by atoms with Crippen LogP contribution in [0.15, 0.2) is 58.8 Å². The van der Waals surface area contributed by atoms with Crippen LogP contribution in [0.25, 0.3) is 10.9 Å². The fraction of sp³-hybridized carbons (Fsp3) is 0.379. The van der Waals surface area contributed by atoms with Gasteiger partial charge in [-0.3, -0.25) is 9.48 Å². The van der Waals surface area contributed by atoms with Crippen LogP contribution in [-0.4, -0.2) is 42.4 Å². The highest BCUT2D eigenvalue weighted by molar-refractivity contribution is 7.92. The van der Waals surface area contributed by atoms with E-state index in [1.54, 1.807) is 30.7 Å². The summed E-state index contributed by atoms with van der Waals surface area (Å²) in [7, 11) is -3.71. The summed E-state index contributed by atoms with van der Waals surface area (Å²) in [5.74, 6) is -0.436. The number of rotatable bonds is 9. The molecule has 212 valence electrons. The van der Waals surface area contributed by atoms with Gasteiger partial charge in [0.1, 0.15) is 9.96 Å². The summed E-state index contributed by atoms with van der Waals surface area (Å²) in [6, 6.07) is 16.5. The normalized spacial score (nSPS) is 16.4. The number of nitrogens with one attached hydrogen (secondary N) is 1. The summed E-state index contributed by atoms with van der Waals surface area (Å²) < 4.78 is 34.3. The Labute approximate surface area is 242 Å². The van der Waals surface area contributed by atoms with Crippen molar-refractivity contribution in [2.45, 2.75) is 55.3 Å². The van der Waals surface area contributed by atoms with E-state index < -0.39 is 15.4 Å². The minimum absolute atomic E-state index is 0.000185. The van der Waals surface area contributed by atoms with Crippen LogP contribution in [0.3, 0.4) is 0 Å². The lowest BCUT2D eigenvalue weighted by Crippen LogP contribution is -2.35. The van der Waals surface area contributed by atoms with Gasteiger partial charge in [0.05, 0.1) is 40.2 Å².